The second-order valence-electron chi connectivity index (χ2n) is 6.73. The summed E-state index contributed by atoms with van der Waals surface area (Å²) in [6.45, 7) is 12.6. The van der Waals surface area contributed by atoms with Gasteiger partial charge < -0.3 is 15.2 Å². The van der Waals surface area contributed by atoms with E-state index in [9.17, 15) is 9.90 Å². The maximum absolute atomic E-state index is 11.2. The normalized spacial score (nSPS) is 23.7. The molecule has 19 heavy (non-hydrogen) atoms. The van der Waals surface area contributed by atoms with E-state index in [0.29, 0.717) is 17.9 Å². The molecule has 1 fully saturated rings. The Morgan fingerprint density at radius 1 is 1.26 bits per heavy atom. The Morgan fingerprint density at radius 3 is 2.11 bits per heavy atom. The lowest BCUT2D eigenvalue weighted by Gasteiger charge is -2.47. The zero-order valence-electron chi connectivity index (χ0n) is 13.0. The first kappa shape index (κ1) is 16.0. The SMILES string of the molecule is CCOC(=C(C)C(=O)O)C1CC(C)(C)NC(C)(C)C1. The highest BCUT2D eigenvalue weighted by Gasteiger charge is 2.40. The first-order valence-electron chi connectivity index (χ1n) is 6.94. The lowest BCUT2D eigenvalue weighted by Crippen LogP contribution is -2.58. The number of carbonyl (C=O) groups is 1. The topological polar surface area (TPSA) is 58.6 Å². The van der Waals surface area contributed by atoms with Crippen molar-refractivity contribution >= 4 is 5.97 Å². The molecule has 2 N–H and O–H groups in total. The van der Waals surface area contributed by atoms with Crippen LogP contribution >= 0.6 is 0 Å². The van der Waals surface area contributed by atoms with E-state index in [-0.39, 0.29) is 17.0 Å². The van der Waals surface area contributed by atoms with Gasteiger partial charge in [0, 0.05) is 17.0 Å². The molecule has 4 nitrogen and oxygen atoms in total. The van der Waals surface area contributed by atoms with Crippen molar-refractivity contribution in [1.29, 1.82) is 0 Å². The molecular weight excluding hydrogens is 242 g/mol. The molecule has 0 spiro atoms. The Hall–Kier alpha value is -1.03. The third-order valence-corrected chi connectivity index (χ3v) is 3.55. The highest BCUT2D eigenvalue weighted by molar-refractivity contribution is 5.86. The van der Waals surface area contributed by atoms with E-state index >= 15 is 0 Å². The van der Waals surface area contributed by atoms with Crippen LogP contribution in [0.25, 0.3) is 0 Å². The van der Waals surface area contributed by atoms with Crippen LogP contribution in [0.4, 0.5) is 0 Å². The van der Waals surface area contributed by atoms with Crippen LogP contribution in [0.1, 0.15) is 54.4 Å². The lowest BCUT2D eigenvalue weighted by molar-refractivity contribution is -0.133. The van der Waals surface area contributed by atoms with Crippen molar-refractivity contribution in [2.24, 2.45) is 5.92 Å². The number of piperidine rings is 1. The molecule has 0 aromatic rings. The van der Waals surface area contributed by atoms with E-state index in [2.05, 4.69) is 33.0 Å². The second kappa shape index (κ2) is 5.53. The molecule has 0 aromatic carbocycles. The van der Waals surface area contributed by atoms with E-state index in [1.807, 2.05) is 6.92 Å². The molecule has 0 atom stereocenters. The Balaban J connectivity index is 3.09. The molecule has 110 valence electrons. The van der Waals surface area contributed by atoms with Gasteiger partial charge >= 0.3 is 5.97 Å². The van der Waals surface area contributed by atoms with Crippen molar-refractivity contribution in [3.8, 4) is 0 Å². The maximum Gasteiger partial charge on any atom is 0.334 e. The molecule has 0 bridgehead atoms. The average molecular weight is 269 g/mol. The van der Waals surface area contributed by atoms with Crippen LogP contribution in [0.15, 0.2) is 11.3 Å². The number of carboxylic acid groups (broad SMARTS) is 1. The fourth-order valence-corrected chi connectivity index (χ4v) is 3.30. The summed E-state index contributed by atoms with van der Waals surface area (Å²) in [7, 11) is 0. The first-order chi connectivity index (χ1) is 8.58. The second-order valence-corrected chi connectivity index (χ2v) is 6.73. The highest BCUT2D eigenvalue weighted by Crippen LogP contribution is 2.38. The number of ether oxygens (including phenoxy) is 1. The minimum atomic E-state index is -0.891. The molecule has 0 aromatic heterocycles. The van der Waals surface area contributed by atoms with Crippen LogP contribution in [0.5, 0.6) is 0 Å². The highest BCUT2D eigenvalue weighted by atomic mass is 16.5. The summed E-state index contributed by atoms with van der Waals surface area (Å²) in [6, 6.07) is 0. The van der Waals surface area contributed by atoms with Crippen molar-refractivity contribution in [2.45, 2.75) is 65.5 Å². The molecule has 1 heterocycles. The van der Waals surface area contributed by atoms with Crippen LogP contribution in [0.2, 0.25) is 0 Å². The fraction of sp³-hybridized carbons (Fsp3) is 0.800. The van der Waals surface area contributed by atoms with Gasteiger partial charge in [0.2, 0.25) is 0 Å². The number of nitrogens with one attached hydrogen (secondary N) is 1. The molecule has 4 heteroatoms. The summed E-state index contributed by atoms with van der Waals surface area (Å²) < 4.78 is 5.66. The molecule has 1 rings (SSSR count). The van der Waals surface area contributed by atoms with Crippen molar-refractivity contribution in [3.63, 3.8) is 0 Å². The van der Waals surface area contributed by atoms with E-state index in [1.54, 1.807) is 6.92 Å². The average Bonchev–Trinajstić information content (AvgIpc) is 2.20. The smallest absolute Gasteiger partial charge is 0.334 e. The van der Waals surface area contributed by atoms with Crippen molar-refractivity contribution in [1.82, 2.24) is 5.32 Å². The molecule has 0 unspecified atom stereocenters. The molecule has 1 saturated heterocycles. The zero-order valence-corrected chi connectivity index (χ0v) is 13.0. The molecule has 0 aliphatic carbocycles. The van der Waals surface area contributed by atoms with E-state index in [0.717, 1.165) is 12.8 Å². The Labute approximate surface area is 116 Å². The minimum Gasteiger partial charge on any atom is -0.497 e. The van der Waals surface area contributed by atoms with E-state index in [1.165, 1.54) is 0 Å². The number of aliphatic carboxylic acids is 1. The van der Waals surface area contributed by atoms with Gasteiger partial charge in [-0.05, 0) is 54.4 Å². The van der Waals surface area contributed by atoms with Gasteiger partial charge in [-0.3, -0.25) is 0 Å². The standard InChI is InChI=1S/C15H27NO3/c1-7-19-12(10(2)13(17)18)11-8-14(3,4)16-15(5,6)9-11/h11,16H,7-9H2,1-6H3,(H,17,18). The van der Waals surface area contributed by atoms with Crippen LogP contribution < -0.4 is 5.32 Å². The van der Waals surface area contributed by atoms with Gasteiger partial charge in [-0.1, -0.05) is 0 Å². The molecule has 0 radical (unpaired) electrons. The number of hydrogen-bond acceptors (Lipinski definition) is 3. The molecule has 1 aliphatic heterocycles. The third kappa shape index (κ3) is 4.23. The molecular formula is C15H27NO3. The Bertz CT molecular complexity index is 367. The van der Waals surface area contributed by atoms with Gasteiger partial charge in [-0.15, -0.1) is 0 Å². The van der Waals surface area contributed by atoms with Crippen LogP contribution in [0, 0.1) is 5.92 Å². The molecule has 1 aliphatic rings. The quantitative estimate of drug-likeness (QED) is 0.608. The van der Waals surface area contributed by atoms with E-state index in [4.69, 9.17) is 4.74 Å². The van der Waals surface area contributed by atoms with Gasteiger partial charge in [-0.2, -0.15) is 0 Å². The fourth-order valence-electron chi connectivity index (χ4n) is 3.30. The summed E-state index contributed by atoms with van der Waals surface area (Å²) in [5.74, 6) is -0.0856. The largest absolute Gasteiger partial charge is 0.497 e. The summed E-state index contributed by atoms with van der Waals surface area (Å²) in [5, 5.41) is 12.8. The first-order valence-corrected chi connectivity index (χ1v) is 6.94. The summed E-state index contributed by atoms with van der Waals surface area (Å²) >= 11 is 0. The van der Waals surface area contributed by atoms with Gasteiger partial charge in [0.15, 0.2) is 0 Å². The van der Waals surface area contributed by atoms with Crippen LogP contribution in [-0.4, -0.2) is 28.8 Å². The van der Waals surface area contributed by atoms with Crippen LogP contribution in [0.3, 0.4) is 0 Å². The number of hydrogen-bond donors (Lipinski definition) is 2. The predicted octanol–water partition coefficient (Wildman–Crippen LogP) is 2.94. The summed E-state index contributed by atoms with van der Waals surface area (Å²) in [5.41, 5.74) is 0.293. The minimum absolute atomic E-state index is 0.0203. The third-order valence-electron chi connectivity index (χ3n) is 3.55. The van der Waals surface area contributed by atoms with Gasteiger partial charge in [-0.25, -0.2) is 4.79 Å². The van der Waals surface area contributed by atoms with Gasteiger partial charge in [0.25, 0.3) is 0 Å². The Kier molecular flexibility index (Phi) is 4.67. The molecule has 0 amide bonds. The number of rotatable bonds is 4. The van der Waals surface area contributed by atoms with Crippen molar-refractivity contribution in [3.05, 3.63) is 11.3 Å². The van der Waals surface area contributed by atoms with Gasteiger partial charge in [0.1, 0.15) is 5.76 Å². The number of allylic oxidation sites excluding steroid dienone is 1. The summed E-state index contributed by atoms with van der Waals surface area (Å²) in [4.78, 5) is 11.2. The Morgan fingerprint density at radius 2 is 1.74 bits per heavy atom. The van der Waals surface area contributed by atoms with Crippen molar-refractivity contribution < 1.29 is 14.6 Å². The van der Waals surface area contributed by atoms with E-state index < -0.39 is 5.97 Å². The monoisotopic (exact) mass is 269 g/mol. The maximum atomic E-state index is 11.2. The van der Waals surface area contributed by atoms with Crippen molar-refractivity contribution in [2.75, 3.05) is 6.61 Å². The van der Waals surface area contributed by atoms with Gasteiger partial charge in [0.05, 0.1) is 12.2 Å². The predicted molar refractivity (Wildman–Crippen MR) is 76.0 cm³/mol. The molecule has 0 saturated carbocycles. The zero-order chi connectivity index (χ0) is 14.8. The number of carboxylic acids is 1. The lowest BCUT2D eigenvalue weighted by atomic mass is 9.74. The van der Waals surface area contributed by atoms with Crippen LogP contribution in [-0.2, 0) is 9.53 Å². The summed E-state index contributed by atoms with van der Waals surface area (Å²) in [6.07, 6.45) is 1.77.